The fourth-order valence-corrected chi connectivity index (χ4v) is 4.41. The number of carbonyl (C=O) groups excluding carboxylic acids is 1. The number of nitrogens with one attached hydrogen (secondary N) is 1. The topological polar surface area (TPSA) is 71.6 Å². The van der Waals surface area contributed by atoms with Crippen molar-refractivity contribution in [3.8, 4) is 11.5 Å². The molecular weight excluding hydrogens is 380 g/mol. The maximum absolute atomic E-state index is 13.2. The Morgan fingerprint density at radius 2 is 1.70 bits per heavy atom. The first kappa shape index (κ1) is 20.0. The minimum atomic E-state index is -0.487. The molecular formula is C24H26N2O4. The Balaban J connectivity index is 2.01. The molecule has 2 heterocycles. The third-order valence-corrected chi connectivity index (χ3v) is 6.05. The number of H-pyrrole nitrogens is 1. The van der Waals surface area contributed by atoms with E-state index in [4.69, 9.17) is 9.47 Å². The highest BCUT2D eigenvalue weighted by molar-refractivity contribution is 5.85. The van der Waals surface area contributed by atoms with Crippen molar-refractivity contribution in [2.75, 3.05) is 20.8 Å². The SMILES string of the molecule is COc1cc2c(cc1OC)[C@H](c1cc3c(C)ccc(C)c3[nH]c1=O)N(C(C)=O)CC2. The van der Waals surface area contributed by atoms with Crippen LogP contribution in [0.2, 0.25) is 0 Å². The van der Waals surface area contributed by atoms with Crippen molar-refractivity contribution in [1.29, 1.82) is 0 Å². The summed E-state index contributed by atoms with van der Waals surface area (Å²) in [4.78, 5) is 30.5. The van der Waals surface area contributed by atoms with Gasteiger partial charge in [-0.1, -0.05) is 12.1 Å². The van der Waals surface area contributed by atoms with E-state index in [1.807, 2.05) is 44.2 Å². The largest absolute Gasteiger partial charge is 0.493 e. The number of nitrogens with zero attached hydrogens (tertiary/aromatic N) is 1. The zero-order valence-corrected chi connectivity index (χ0v) is 18.0. The predicted octanol–water partition coefficient (Wildman–Crippen LogP) is 3.66. The summed E-state index contributed by atoms with van der Waals surface area (Å²) in [7, 11) is 3.19. The van der Waals surface area contributed by atoms with Crippen molar-refractivity contribution in [2.24, 2.45) is 0 Å². The summed E-state index contributed by atoms with van der Waals surface area (Å²) in [6.07, 6.45) is 0.690. The van der Waals surface area contributed by atoms with Crippen LogP contribution >= 0.6 is 0 Å². The van der Waals surface area contributed by atoms with Crippen molar-refractivity contribution in [3.63, 3.8) is 0 Å². The van der Waals surface area contributed by atoms with Crippen LogP contribution in [0.4, 0.5) is 0 Å². The van der Waals surface area contributed by atoms with Crippen LogP contribution in [0.1, 0.15) is 40.8 Å². The second-order valence-corrected chi connectivity index (χ2v) is 7.81. The van der Waals surface area contributed by atoms with E-state index in [-0.39, 0.29) is 11.5 Å². The molecule has 1 aliphatic heterocycles. The van der Waals surface area contributed by atoms with Gasteiger partial charge in [-0.15, -0.1) is 0 Å². The molecule has 156 valence electrons. The third kappa shape index (κ3) is 3.12. The highest BCUT2D eigenvalue weighted by Gasteiger charge is 2.33. The Hall–Kier alpha value is -3.28. The molecule has 0 unspecified atom stereocenters. The molecule has 6 nitrogen and oxygen atoms in total. The molecule has 0 radical (unpaired) electrons. The van der Waals surface area contributed by atoms with Gasteiger partial charge in [0.25, 0.3) is 5.56 Å². The molecule has 1 N–H and O–H groups in total. The minimum absolute atomic E-state index is 0.0686. The fraction of sp³-hybridized carbons (Fsp3) is 0.333. The first-order valence-corrected chi connectivity index (χ1v) is 10.0. The lowest BCUT2D eigenvalue weighted by atomic mass is 9.87. The molecule has 1 atom stereocenters. The van der Waals surface area contributed by atoms with Gasteiger partial charge in [0, 0.05) is 24.4 Å². The quantitative estimate of drug-likeness (QED) is 0.721. The van der Waals surface area contributed by atoms with E-state index >= 15 is 0 Å². The number of hydrogen-bond donors (Lipinski definition) is 1. The molecule has 4 rings (SSSR count). The van der Waals surface area contributed by atoms with Crippen LogP contribution in [0, 0.1) is 13.8 Å². The zero-order valence-electron chi connectivity index (χ0n) is 18.0. The van der Waals surface area contributed by atoms with Gasteiger partial charge >= 0.3 is 0 Å². The molecule has 0 bridgehead atoms. The minimum Gasteiger partial charge on any atom is -0.493 e. The molecule has 0 fully saturated rings. The number of carbonyl (C=O) groups is 1. The van der Waals surface area contributed by atoms with Gasteiger partial charge in [0.05, 0.1) is 25.8 Å². The molecule has 30 heavy (non-hydrogen) atoms. The first-order valence-electron chi connectivity index (χ1n) is 10.0. The van der Waals surface area contributed by atoms with Gasteiger partial charge in [-0.25, -0.2) is 0 Å². The fourth-order valence-electron chi connectivity index (χ4n) is 4.41. The second kappa shape index (κ2) is 7.52. The van der Waals surface area contributed by atoms with E-state index in [9.17, 15) is 9.59 Å². The number of hydrogen-bond acceptors (Lipinski definition) is 4. The van der Waals surface area contributed by atoms with E-state index in [2.05, 4.69) is 4.98 Å². The van der Waals surface area contributed by atoms with Gasteiger partial charge < -0.3 is 19.4 Å². The van der Waals surface area contributed by atoms with Crippen LogP contribution in [0.5, 0.6) is 11.5 Å². The van der Waals surface area contributed by atoms with E-state index < -0.39 is 6.04 Å². The van der Waals surface area contributed by atoms with E-state index in [1.165, 1.54) is 0 Å². The number of rotatable bonds is 3. The zero-order chi connectivity index (χ0) is 21.6. The number of aromatic nitrogens is 1. The lowest BCUT2D eigenvalue weighted by molar-refractivity contribution is -0.130. The van der Waals surface area contributed by atoms with Gasteiger partial charge in [0.2, 0.25) is 5.91 Å². The monoisotopic (exact) mass is 406 g/mol. The standard InChI is InChI=1S/C24H26N2O4/c1-13-6-7-14(2)22-17(13)11-19(24(28)25-22)23-18-12-21(30-5)20(29-4)10-16(18)8-9-26(23)15(3)27/h6-7,10-12,23H,8-9H2,1-5H3,(H,25,28)/t23-/m1/s1. The maximum atomic E-state index is 13.2. The molecule has 3 aromatic rings. The Morgan fingerprint density at radius 3 is 2.37 bits per heavy atom. The lowest BCUT2D eigenvalue weighted by Gasteiger charge is -2.37. The Morgan fingerprint density at radius 1 is 1.03 bits per heavy atom. The van der Waals surface area contributed by atoms with Gasteiger partial charge in [-0.05, 0) is 60.7 Å². The van der Waals surface area contributed by atoms with E-state index in [0.717, 1.165) is 33.2 Å². The van der Waals surface area contributed by atoms with Crippen LogP contribution in [0.15, 0.2) is 35.1 Å². The summed E-state index contributed by atoms with van der Waals surface area (Å²) in [6, 6.07) is 9.33. The number of ether oxygens (including phenoxy) is 2. The van der Waals surface area contributed by atoms with Crippen molar-refractivity contribution >= 4 is 16.8 Å². The molecule has 0 spiro atoms. The highest BCUT2D eigenvalue weighted by Crippen LogP contribution is 2.40. The van der Waals surface area contributed by atoms with Crippen molar-refractivity contribution < 1.29 is 14.3 Å². The van der Waals surface area contributed by atoms with E-state index in [0.29, 0.717) is 30.0 Å². The first-order chi connectivity index (χ1) is 14.3. The summed E-state index contributed by atoms with van der Waals surface area (Å²) in [5.41, 5.74) is 5.24. The number of amides is 1. The number of methoxy groups -OCH3 is 2. The van der Waals surface area contributed by atoms with Gasteiger partial charge in [0.1, 0.15) is 0 Å². The number of benzene rings is 2. The molecule has 0 saturated carbocycles. The number of pyridine rings is 1. The Bertz CT molecular complexity index is 1210. The van der Waals surface area contributed by atoms with Crippen molar-refractivity contribution in [3.05, 3.63) is 68.5 Å². The van der Waals surface area contributed by atoms with Crippen LogP contribution < -0.4 is 15.0 Å². The summed E-state index contributed by atoms with van der Waals surface area (Å²) < 4.78 is 11.0. The summed E-state index contributed by atoms with van der Waals surface area (Å²) in [5.74, 6) is 1.15. The lowest BCUT2D eigenvalue weighted by Crippen LogP contribution is -2.41. The van der Waals surface area contributed by atoms with Crippen LogP contribution in [0.25, 0.3) is 10.9 Å². The maximum Gasteiger partial charge on any atom is 0.254 e. The molecule has 0 aliphatic carbocycles. The smallest absolute Gasteiger partial charge is 0.254 e. The van der Waals surface area contributed by atoms with Crippen LogP contribution in [0.3, 0.4) is 0 Å². The average Bonchev–Trinajstić information content (AvgIpc) is 2.74. The van der Waals surface area contributed by atoms with Crippen LogP contribution in [-0.4, -0.2) is 36.6 Å². The summed E-state index contributed by atoms with van der Waals surface area (Å²) in [6.45, 7) is 6.08. The van der Waals surface area contributed by atoms with Crippen molar-refractivity contribution in [1.82, 2.24) is 9.88 Å². The molecule has 2 aromatic carbocycles. The number of aryl methyl sites for hydroxylation is 2. The molecule has 1 aliphatic rings. The van der Waals surface area contributed by atoms with Gasteiger partial charge in [0.15, 0.2) is 11.5 Å². The Kier molecular flexibility index (Phi) is 5.02. The number of aromatic amines is 1. The van der Waals surface area contributed by atoms with Crippen molar-refractivity contribution in [2.45, 2.75) is 33.2 Å². The third-order valence-electron chi connectivity index (χ3n) is 6.05. The Labute approximate surface area is 175 Å². The van der Waals surface area contributed by atoms with Gasteiger partial charge in [-0.3, -0.25) is 9.59 Å². The molecule has 1 aromatic heterocycles. The predicted molar refractivity (Wildman–Crippen MR) is 117 cm³/mol. The average molecular weight is 406 g/mol. The second-order valence-electron chi connectivity index (χ2n) is 7.81. The molecule has 1 amide bonds. The summed E-state index contributed by atoms with van der Waals surface area (Å²) in [5, 5.41) is 0.987. The normalized spacial score (nSPS) is 15.8. The number of fused-ring (bicyclic) bond motifs is 2. The molecule has 0 saturated heterocycles. The summed E-state index contributed by atoms with van der Waals surface area (Å²) >= 11 is 0. The van der Waals surface area contributed by atoms with Crippen LogP contribution in [-0.2, 0) is 11.2 Å². The van der Waals surface area contributed by atoms with E-state index in [1.54, 1.807) is 26.0 Å². The van der Waals surface area contributed by atoms with Gasteiger partial charge in [-0.2, -0.15) is 0 Å². The molecule has 6 heteroatoms. The highest BCUT2D eigenvalue weighted by atomic mass is 16.5.